The Balaban J connectivity index is 1.39. The number of benzene rings is 6. The average molecular weight is 1880 g/mol. The van der Waals surface area contributed by atoms with E-state index in [0.29, 0.717) is 5.60 Å². The van der Waals surface area contributed by atoms with Crippen molar-refractivity contribution >= 4 is 126 Å². The molecule has 0 amide bonds. The van der Waals surface area contributed by atoms with Crippen LogP contribution in [0.4, 0.5) is 132 Å². The topological polar surface area (TPSA) is 49.9 Å². The first kappa shape index (κ1) is 76.4. The first-order chi connectivity index (χ1) is 43.6. The van der Waals surface area contributed by atoms with Crippen LogP contribution < -0.4 is 32.8 Å². The first-order valence-electron chi connectivity index (χ1n) is 26.2. The van der Waals surface area contributed by atoms with E-state index in [1.54, 1.807) is 0 Å². The fourth-order valence-electron chi connectivity index (χ4n) is 10.8. The van der Waals surface area contributed by atoms with Gasteiger partial charge in [0.2, 0.25) is 0 Å². The van der Waals surface area contributed by atoms with Gasteiger partial charge in [0.15, 0.2) is 0 Å². The van der Waals surface area contributed by atoms with Gasteiger partial charge in [-0.2, -0.15) is 0 Å². The number of nitrogens with zero attached hydrogens (tertiary/aromatic N) is 4. The Kier molecular flexibility index (Phi) is 19.4. The molecule has 96 heavy (non-hydrogen) atoms. The summed E-state index contributed by atoms with van der Waals surface area (Å²) in [6.07, 6.45) is -13.7. The molecule has 44 heteroatoms. The monoisotopic (exact) mass is 1890 g/mol. The fourth-order valence-corrected chi connectivity index (χ4v) is 97.2. The molecular weight excluding hydrogens is 1850 g/mol. The number of hydrogen-bond acceptors (Lipinski definition) is 8. The molecule has 0 unspecified atom stereocenters. The van der Waals surface area contributed by atoms with E-state index in [-0.39, 0.29) is 0 Å². The second-order valence-electron chi connectivity index (χ2n) is 24.9. The van der Waals surface area contributed by atoms with Gasteiger partial charge in [0.05, 0.1) is 0 Å². The van der Waals surface area contributed by atoms with Crippen LogP contribution in [0.1, 0.15) is 83.1 Å². The van der Waals surface area contributed by atoms with Crippen molar-refractivity contribution in [3.05, 3.63) is 175 Å². The quantitative estimate of drug-likeness (QED) is 0.0582. The van der Waals surface area contributed by atoms with E-state index in [0.717, 1.165) is 83.1 Å². The third kappa shape index (κ3) is 10.4. The summed E-state index contributed by atoms with van der Waals surface area (Å²) in [4.78, 5) is 0. The second-order valence-corrected chi connectivity index (χ2v) is 57.0. The normalized spacial score (nSPS) is 17.9. The minimum absolute atomic E-state index is 0.704. The van der Waals surface area contributed by atoms with Gasteiger partial charge in [0, 0.05) is 0 Å². The molecule has 3 aliphatic heterocycles. The Hall–Kier alpha value is -3.81. The van der Waals surface area contributed by atoms with Crippen LogP contribution in [0.2, 0.25) is 0 Å². The summed E-state index contributed by atoms with van der Waals surface area (Å²) in [7, 11) is 0. The third-order valence-corrected chi connectivity index (χ3v) is 77.3. The molecule has 0 radical (unpaired) electrons. The number of hydrogen-bond donors (Lipinski definition) is 0. The second kappa shape index (κ2) is 24.4. The van der Waals surface area contributed by atoms with Crippen molar-refractivity contribution in [1.29, 1.82) is 0 Å². The Morgan fingerprint density at radius 1 is 0.219 bits per heavy atom. The van der Waals surface area contributed by atoms with Gasteiger partial charge in [-0.3, -0.25) is 0 Å². The van der Waals surface area contributed by atoms with Crippen LogP contribution in [0.3, 0.4) is 0 Å². The Morgan fingerprint density at radius 3 is 0.427 bits per heavy atom. The van der Waals surface area contributed by atoms with Gasteiger partial charge in [0.25, 0.3) is 0 Å². The third-order valence-electron chi connectivity index (χ3n) is 14.3. The number of rotatable bonds is 10. The summed E-state index contributed by atoms with van der Waals surface area (Å²) in [6.45, 7) is 12.1. The van der Waals surface area contributed by atoms with Crippen LogP contribution in [0.15, 0.2) is 0 Å². The van der Waals surface area contributed by atoms with Gasteiger partial charge in [-0.25, -0.2) is 0 Å². The van der Waals surface area contributed by atoms with E-state index in [4.69, 9.17) is 8.97 Å². The minimum atomic E-state index is -6.84. The Morgan fingerprint density at radius 2 is 0.323 bits per heavy atom. The molecule has 9 rings (SSSR count). The summed E-state index contributed by atoms with van der Waals surface area (Å²) in [5, 5.41) is 0. The van der Waals surface area contributed by atoms with Gasteiger partial charge in [-0.15, -0.1) is 0 Å². The van der Waals surface area contributed by atoms with E-state index in [2.05, 4.69) is 0 Å². The van der Waals surface area contributed by atoms with Crippen molar-refractivity contribution < 1.29 is 141 Å². The molecule has 0 bridgehead atoms. The van der Waals surface area contributed by atoms with Crippen molar-refractivity contribution in [2.24, 2.45) is 0 Å². The molecule has 3 aliphatic rings. The van der Waals surface area contributed by atoms with Crippen LogP contribution in [0, 0.1) is 175 Å². The molecule has 3 fully saturated rings. The molecule has 3 saturated heterocycles. The molecule has 528 valence electrons. The summed E-state index contributed by atoms with van der Waals surface area (Å²) >= 11 is -24.8. The van der Waals surface area contributed by atoms with Crippen molar-refractivity contribution in [3.8, 4) is 0 Å². The summed E-state index contributed by atoms with van der Waals surface area (Å²) in [6, 6.07) is 0. The summed E-state index contributed by atoms with van der Waals surface area (Å²) in [5.74, 6) is -102. The van der Waals surface area contributed by atoms with Crippen molar-refractivity contribution in [2.45, 2.75) is 105 Å². The van der Waals surface area contributed by atoms with Crippen molar-refractivity contribution in [2.75, 3.05) is 0 Å². The molecule has 0 atom stereocenters. The maximum atomic E-state index is 16.9. The van der Waals surface area contributed by atoms with Crippen molar-refractivity contribution in [3.63, 3.8) is 0 Å². The van der Waals surface area contributed by atoms with Crippen LogP contribution in [-0.4, -0.2) is 121 Å². The van der Waals surface area contributed by atoms with E-state index in [1.807, 2.05) is 0 Å². The average Bonchev–Trinajstić information content (AvgIpc) is 0.632. The van der Waals surface area contributed by atoms with Crippen LogP contribution in [0.5, 0.6) is 0 Å². The Bertz CT molecular complexity index is 3550. The van der Waals surface area contributed by atoms with E-state index in [1.165, 1.54) is 0 Å². The van der Waals surface area contributed by atoms with Gasteiger partial charge >= 0.3 is 552 Å². The van der Waals surface area contributed by atoms with E-state index < -0.39 is 322 Å². The van der Waals surface area contributed by atoms with E-state index in [9.17, 15) is 0 Å². The van der Waals surface area contributed by atoms with Gasteiger partial charge in [-0.1, -0.05) is 0 Å². The van der Waals surface area contributed by atoms with Crippen LogP contribution in [-0.2, 0) is 8.97 Å². The number of halogens is 30. The fraction of sp³-hybridized carbons (Fsp3) is 0.308. The molecule has 0 saturated carbocycles. The zero-order valence-electron chi connectivity index (χ0n) is 49.5. The van der Waals surface area contributed by atoms with Gasteiger partial charge in [-0.05, 0) is 0 Å². The molecule has 0 aromatic heterocycles. The molecule has 0 N–H and O–H groups in total. The standard InChI is InChI=1S/C52H36B2F30N4O4Te4/c1-49(2,3)85-93(89-53(13-19(55)31(67)43(79)32(68)20(13)56,14-21(57)33(69)44(80)34(70)22(14)58)15-23(59)35(71)45(81)36(72)24(15)60)86(50(4,5)6)95(85)91-96(92-95)87(51(7,8)9)94(88(96)52(10,11)12)90-54(16-25(61)37(73)46(82)38(74)26(16)62,17-27(63)39(75)47(83)40(76)28(17)64)18-29(65)41(77)48(84)42(78)30(18)66/h1-12H3. The van der Waals surface area contributed by atoms with Crippen molar-refractivity contribution in [1.82, 2.24) is 5.60 Å². The maximum absolute atomic E-state index is 16.9. The summed E-state index contributed by atoms with van der Waals surface area (Å²) in [5.41, 5.74) is -27.7. The molecule has 3 heterocycles. The zero-order valence-corrected chi connectivity index (χ0v) is 58.9. The summed E-state index contributed by atoms with van der Waals surface area (Å²) < 4.78 is 512. The molecular formula is C52H36B2F30N4O4Te4. The zero-order chi connectivity index (χ0) is 73.1. The predicted molar refractivity (Wildman–Crippen MR) is 280 cm³/mol. The van der Waals surface area contributed by atoms with Crippen LogP contribution in [0.25, 0.3) is 0 Å². The molecule has 0 aliphatic carbocycles. The predicted octanol–water partition coefficient (Wildman–Crippen LogP) is 10.8. The van der Waals surface area contributed by atoms with E-state index >= 15 is 132 Å². The Labute approximate surface area is 547 Å². The van der Waals surface area contributed by atoms with Gasteiger partial charge in [0.1, 0.15) is 0 Å². The molecule has 6 aromatic rings. The van der Waals surface area contributed by atoms with Gasteiger partial charge < -0.3 is 0 Å². The SMILES string of the molecule is CC(C)(C)N1[Te+](O[B-](c2c(F)c(F)c(F)c(F)c2F)(c2c(F)c(F)c(F)c(F)c2F)c2c(F)c(F)c(F)c(F)c2F)N(C(C)(C)C)[Te]12O[Te]1(O2)N(C(C)(C)C)[Te+](O[B-](c2c(F)c(F)c(F)c(F)c2F)(c2c(F)c(F)c(F)c(F)c2F)c2c(F)c(F)c(F)c(F)c2F)N1C(C)(C)C. The molecule has 8 nitrogen and oxygen atoms in total. The molecule has 2 spiro atoms. The molecule has 6 aromatic carbocycles. The van der Waals surface area contributed by atoms with Crippen LogP contribution >= 0.6 is 0 Å². The first-order valence-corrected chi connectivity index (χ1v) is 40.3.